The molecule has 32 heavy (non-hydrogen) atoms. The third-order valence-corrected chi connectivity index (χ3v) is 5.67. The lowest BCUT2D eigenvalue weighted by molar-refractivity contribution is -0.140. The first kappa shape index (κ1) is 23.2. The van der Waals surface area contributed by atoms with E-state index < -0.39 is 23.8 Å². The van der Waals surface area contributed by atoms with Crippen molar-refractivity contribution in [1.29, 1.82) is 0 Å². The molecule has 8 heteroatoms. The zero-order chi connectivity index (χ0) is 23.4. The summed E-state index contributed by atoms with van der Waals surface area (Å²) in [5.41, 5.74) is 3.40. The van der Waals surface area contributed by atoms with Crippen molar-refractivity contribution in [2.75, 3.05) is 13.2 Å². The molecule has 0 aromatic heterocycles. The number of ether oxygens (including phenoxy) is 2. The molecule has 2 amide bonds. The van der Waals surface area contributed by atoms with Crippen LogP contribution in [0.4, 0.5) is 0 Å². The molecule has 0 aliphatic carbocycles. The smallest absolute Gasteiger partial charge is 0.336 e. The van der Waals surface area contributed by atoms with Gasteiger partial charge in [0.2, 0.25) is 11.8 Å². The van der Waals surface area contributed by atoms with Crippen LogP contribution >= 0.6 is 0 Å². The third kappa shape index (κ3) is 4.74. The molecule has 2 atom stereocenters. The molecule has 170 valence electrons. The summed E-state index contributed by atoms with van der Waals surface area (Å²) in [5, 5.41) is 5.42. The maximum Gasteiger partial charge on any atom is 0.336 e. The minimum atomic E-state index is -0.453. The number of amides is 2. The second-order valence-electron chi connectivity index (χ2n) is 7.79. The summed E-state index contributed by atoms with van der Waals surface area (Å²) in [5.74, 6) is -2.12. The fourth-order valence-corrected chi connectivity index (χ4v) is 4.29. The van der Waals surface area contributed by atoms with Gasteiger partial charge in [-0.1, -0.05) is 24.3 Å². The van der Waals surface area contributed by atoms with E-state index in [0.717, 1.165) is 11.1 Å². The van der Waals surface area contributed by atoms with Gasteiger partial charge in [-0.2, -0.15) is 0 Å². The number of benzene rings is 1. The molecule has 2 heterocycles. The lowest BCUT2D eigenvalue weighted by atomic mass is 9.81. The molecule has 0 spiro atoms. The Morgan fingerprint density at radius 2 is 1.12 bits per heavy atom. The normalized spacial score (nSPS) is 21.1. The second kappa shape index (κ2) is 9.80. The Hall–Kier alpha value is -3.42. The lowest BCUT2D eigenvalue weighted by Gasteiger charge is -2.28. The molecule has 2 N–H and O–H groups in total. The number of hydrogen-bond donors (Lipinski definition) is 2. The van der Waals surface area contributed by atoms with Gasteiger partial charge in [-0.15, -0.1) is 0 Å². The number of allylic oxidation sites excluding steroid dienone is 2. The van der Waals surface area contributed by atoms with Crippen molar-refractivity contribution in [2.24, 2.45) is 0 Å². The van der Waals surface area contributed by atoms with Crippen molar-refractivity contribution in [2.45, 2.75) is 52.4 Å². The zero-order valence-electron chi connectivity index (χ0n) is 18.7. The third-order valence-electron chi connectivity index (χ3n) is 5.67. The molecule has 0 fully saturated rings. The summed E-state index contributed by atoms with van der Waals surface area (Å²) in [4.78, 5) is 49.4. The van der Waals surface area contributed by atoms with Crippen LogP contribution in [-0.2, 0) is 28.7 Å². The number of rotatable bonds is 6. The number of esters is 2. The Bertz CT molecular complexity index is 925. The van der Waals surface area contributed by atoms with Gasteiger partial charge in [0.15, 0.2) is 0 Å². The molecule has 1 aromatic rings. The van der Waals surface area contributed by atoms with Gasteiger partial charge in [-0.25, -0.2) is 9.59 Å². The van der Waals surface area contributed by atoms with Gasteiger partial charge >= 0.3 is 11.9 Å². The number of carbonyl (C=O) groups excluding carboxylic acids is 4. The van der Waals surface area contributed by atoms with Crippen molar-refractivity contribution < 1.29 is 28.7 Å². The number of carbonyl (C=O) groups is 4. The van der Waals surface area contributed by atoms with Crippen LogP contribution in [0.2, 0.25) is 0 Å². The highest BCUT2D eigenvalue weighted by atomic mass is 16.5. The van der Waals surface area contributed by atoms with Crippen LogP contribution in [0.25, 0.3) is 0 Å². The van der Waals surface area contributed by atoms with Gasteiger partial charge in [-0.3, -0.25) is 9.59 Å². The van der Waals surface area contributed by atoms with Crippen LogP contribution in [0.3, 0.4) is 0 Å². The van der Waals surface area contributed by atoms with E-state index >= 15 is 0 Å². The van der Waals surface area contributed by atoms with E-state index in [1.54, 1.807) is 27.7 Å². The molecule has 0 saturated heterocycles. The quantitative estimate of drug-likeness (QED) is 0.658. The van der Waals surface area contributed by atoms with E-state index in [-0.39, 0.29) is 37.9 Å². The van der Waals surface area contributed by atoms with Crippen molar-refractivity contribution in [3.63, 3.8) is 0 Å². The summed E-state index contributed by atoms with van der Waals surface area (Å²) in [6.45, 7) is 7.31. The molecular formula is C24H28N2O6. The van der Waals surface area contributed by atoms with E-state index in [4.69, 9.17) is 9.47 Å². The van der Waals surface area contributed by atoms with Gasteiger partial charge in [0.25, 0.3) is 0 Å². The molecule has 1 aromatic carbocycles. The molecule has 2 unspecified atom stereocenters. The Morgan fingerprint density at radius 1 is 0.781 bits per heavy atom. The van der Waals surface area contributed by atoms with Crippen LogP contribution in [0.5, 0.6) is 0 Å². The number of nitrogens with one attached hydrogen (secondary N) is 2. The SMILES string of the molecule is CCOC(=O)C1=C(C)NC(=O)CC1c1ccc(C2CC(=O)NC(C)=C2C(=O)OCC)cc1. The van der Waals surface area contributed by atoms with E-state index in [1.807, 2.05) is 24.3 Å². The molecule has 0 radical (unpaired) electrons. The van der Waals surface area contributed by atoms with Crippen molar-refractivity contribution in [1.82, 2.24) is 10.6 Å². The Labute approximate surface area is 187 Å². The van der Waals surface area contributed by atoms with Crippen LogP contribution in [0.1, 0.15) is 63.5 Å². The van der Waals surface area contributed by atoms with E-state index in [9.17, 15) is 19.2 Å². The van der Waals surface area contributed by atoms with E-state index in [2.05, 4.69) is 10.6 Å². The first-order valence-corrected chi connectivity index (χ1v) is 10.7. The van der Waals surface area contributed by atoms with Crippen molar-refractivity contribution >= 4 is 23.8 Å². The standard InChI is InChI=1S/C24H28N2O6/c1-5-31-23(29)21-13(3)25-19(27)11-17(21)15-7-9-16(10-8-15)18-12-20(28)26-14(4)22(18)24(30)32-6-2/h7-10,17-18H,5-6,11-12H2,1-4H3,(H,25,27)(H,26,28). The minimum Gasteiger partial charge on any atom is -0.463 e. The molecule has 0 saturated carbocycles. The largest absolute Gasteiger partial charge is 0.463 e. The molecule has 2 aliphatic heterocycles. The van der Waals surface area contributed by atoms with Crippen molar-refractivity contribution in [3.8, 4) is 0 Å². The van der Waals surface area contributed by atoms with E-state index in [0.29, 0.717) is 22.5 Å². The van der Waals surface area contributed by atoms with Gasteiger partial charge in [-0.05, 0) is 38.8 Å². The Kier molecular flexibility index (Phi) is 7.12. The average molecular weight is 440 g/mol. The lowest BCUT2D eigenvalue weighted by Crippen LogP contribution is -2.34. The highest BCUT2D eigenvalue weighted by Gasteiger charge is 2.35. The molecule has 2 aliphatic rings. The summed E-state index contributed by atoms with van der Waals surface area (Å²) >= 11 is 0. The van der Waals surface area contributed by atoms with Gasteiger partial charge in [0.1, 0.15) is 0 Å². The van der Waals surface area contributed by atoms with Gasteiger partial charge < -0.3 is 20.1 Å². The highest BCUT2D eigenvalue weighted by Crippen LogP contribution is 2.37. The maximum absolute atomic E-state index is 12.5. The minimum absolute atomic E-state index is 0.129. The topological polar surface area (TPSA) is 111 Å². The zero-order valence-corrected chi connectivity index (χ0v) is 18.7. The van der Waals surface area contributed by atoms with Crippen molar-refractivity contribution in [3.05, 3.63) is 57.9 Å². The Morgan fingerprint density at radius 3 is 1.44 bits per heavy atom. The summed E-state index contributed by atoms with van der Waals surface area (Å²) < 4.78 is 10.4. The predicted octanol–water partition coefficient (Wildman–Crippen LogP) is 2.57. The molecule has 8 nitrogen and oxygen atoms in total. The molecular weight excluding hydrogens is 412 g/mol. The van der Waals surface area contributed by atoms with Crippen LogP contribution < -0.4 is 10.6 Å². The van der Waals surface area contributed by atoms with Gasteiger partial charge in [0.05, 0.1) is 24.4 Å². The first-order valence-electron chi connectivity index (χ1n) is 10.7. The fraction of sp³-hybridized carbons (Fsp3) is 0.417. The predicted molar refractivity (Wildman–Crippen MR) is 116 cm³/mol. The van der Waals surface area contributed by atoms with E-state index in [1.165, 1.54) is 0 Å². The molecule has 0 bridgehead atoms. The molecule has 3 rings (SSSR count). The van der Waals surface area contributed by atoms with Crippen LogP contribution in [-0.4, -0.2) is 37.0 Å². The maximum atomic E-state index is 12.5. The first-order chi connectivity index (χ1) is 15.3. The van der Waals surface area contributed by atoms with Crippen LogP contribution in [0.15, 0.2) is 46.8 Å². The highest BCUT2D eigenvalue weighted by molar-refractivity contribution is 5.96. The average Bonchev–Trinajstić information content (AvgIpc) is 2.73. The second-order valence-corrected chi connectivity index (χ2v) is 7.79. The summed E-state index contributed by atoms with van der Waals surface area (Å²) in [7, 11) is 0. The van der Waals surface area contributed by atoms with Crippen LogP contribution in [0, 0.1) is 0 Å². The monoisotopic (exact) mass is 440 g/mol. The van der Waals surface area contributed by atoms with Gasteiger partial charge in [0, 0.05) is 36.1 Å². The fourth-order valence-electron chi connectivity index (χ4n) is 4.29. The summed E-state index contributed by atoms with van der Waals surface area (Å²) in [6.07, 6.45) is 0.257. The summed E-state index contributed by atoms with van der Waals surface area (Å²) in [6, 6.07) is 7.32. The number of hydrogen-bond acceptors (Lipinski definition) is 6. The Balaban J connectivity index is 1.95.